The van der Waals surface area contributed by atoms with Crippen LogP contribution in [-0.2, 0) is 6.42 Å². The Hall–Kier alpha value is -1.13. The Morgan fingerprint density at radius 1 is 1.30 bits per heavy atom. The van der Waals surface area contributed by atoms with Crippen LogP contribution in [0.25, 0.3) is 0 Å². The Bertz CT molecular complexity index is 650. The topological polar surface area (TPSA) is 29.1 Å². The number of alkyl halides is 1. The standard InChI is InChI=1S/C16H16BrNOS/c1-10-4-7-14(20-10)15(17)12-6-5-11-3-2-8-18-16(19)13(11)9-12/h4-7,9,15H,2-3,8H2,1H3,(H,18,19). The summed E-state index contributed by atoms with van der Waals surface area (Å²) in [6.45, 7) is 2.88. The fourth-order valence-corrected chi connectivity index (χ4v) is 4.11. The summed E-state index contributed by atoms with van der Waals surface area (Å²) < 4.78 is 0. The highest BCUT2D eigenvalue weighted by Gasteiger charge is 2.19. The highest BCUT2D eigenvalue weighted by molar-refractivity contribution is 9.09. The van der Waals surface area contributed by atoms with Crippen molar-refractivity contribution in [1.82, 2.24) is 5.32 Å². The van der Waals surface area contributed by atoms with Crippen molar-refractivity contribution in [2.24, 2.45) is 0 Å². The molecule has 0 saturated carbocycles. The number of nitrogens with one attached hydrogen (secondary N) is 1. The number of amides is 1. The zero-order valence-electron chi connectivity index (χ0n) is 11.3. The van der Waals surface area contributed by atoms with E-state index in [2.05, 4.69) is 52.4 Å². The van der Waals surface area contributed by atoms with Gasteiger partial charge in [-0.2, -0.15) is 0 Å². The van der Waals surface area contributed by atoms with Gasteiger partial charge >= 0.3 is 0 Å². The van der Waals surface area contributed by atoms with E-state index in [0.717, 1.165) is 36.1 Å². The first kappa shape index (κ1) is 13.8. The lowest BCUT2D eigenvalue weighted by atomic mass is 9.99. The van der Waals surface area contributed by atoms with Gasteiger partial charge in [-0.1, -0.05) is 28.1 Å². The van der Waals surface area contributed by atoms with E-state index in [1.54, 1.807) is 11.3 Å². The molecular formula is C16H16BrNOS. The van der Waals surface area contributed by atoms with Gasteiger partial charge in [-0.05, 0) is 49.1 Å². The van der Waals surface area contributed by atoms with Gasteiger partial charge in [0.25, 0.3) is 5.91 Å². The third kappa shape index (κ3) is 2.67. The van der Waals surface area contributed by atoms with E-state index in [1.807, 2.05) is 6.07 Å². The number of fused-ring (bicyclic) bond motifs is 1. The molecule has 1 N–H and O–H groups in total. The average molecular weight is 350 g/mol. The van der Waals surface area contributed by atoms with Crippen LogP contribution in [0.2, 0.25) is 0 Å². The number of hydrogen-bond acceptors (Lipinski definition) is 2. The van der Waals surface area contributed by atoms with Gasteiger partial charge in [-0.3, -0.25) is 4.79 Å². The minimum atomic E-state index is 0.0569. The number of aryl methyl sites for hydroxylation is 2. The van der Waals surface area contributed by atoms with Crippen molar-refractivity contribution in [1.29, 1.82) is 0 Å². The molecule has 1 aromatic carbocycles. The van der Waals surface area contributed by atoms with Crippen LogP contribution in [0.5, 0.6) is 0 Å². The predicted octanol–water partition coefficient (Wildman–Crippen LogP) is 4.22. The maximum Gasteiger partial charge on any atom is 0.251 e. The SMILES string of the molecule is Cc1ccc(C(Br)c2ccc3c(c2)C(=O)NCCC3)s1. The predicted molar refractivity (Wildman–Crippen MR) is 86.9 cm³/mol. The quantitative estimate of drug-likeness (QED) is 0.808. The first-order valence-corrected chi connectivity index (χ1v) is 8.50. The van der Waals surface area contributed by atoms with Crippen molar-refractivity contribution >= 4 is 33.2 Å². The number of benzene rings is 1. The van der Waals surface area contributed by atoms with Gasteiger partial charge in [0.15, 0.2) is 0 Å². The van der Waals surface area contributed by atoms with Crippen molar-refractivity contribution in [3.8, 4) is 0 Å². The fourth-order valence-electron chi connectivity index (χ4n) is 2.51. The number of hydrogen-bond donors (Lipinski definition) is 1. The zero-order valence-corrected chi connectivity index (χ0v) is 13.7. The average Bonchev–Trinajstić information content (AvgIpc) is 2.80. The van der Waals surface area contributed by atoms with Crippen molar-refractivity contribution < 1.29 is 4.79 Å². The number of carbonyl (C=O) groups is 1. The van der Waals surface area contributed by atoms with Crippen LogP contribution in [0.3, 0.4) is 0 Å². The summed E-state index contributed by atoms with van der Waals surface area (Å²) in [4.78, 5) is 14.8. The van der Waals surface area contributed by atoms with E-state index >= 15 is 0 Å². The molecule has 2 aromatic rings. The van der Waals surface area contributed by atoms with Crippen LogP contribution in [0.1, 0.15) is 42.5 Å². The van der Waals surface area contributed by atoms with Gasteiger partial charge in [0, 0.05) is 21.9 Å². The molecule has 4 heteroatoms. The van der Waals surface area contributed by atoms with Gasteiger partial charge < -0.3 is 5.32 Å². The van der Waals surface area contributed by atoms with Crippen molar-refractivity contribution in [3.05, 3.63) is 56.8 Å². The second-order valence-corrected chi connectivity index (χ2v) is 7.32. The number of thiophene rings is 1. The van der Waals surface area contributed by atoms with Crippen molar-refractivity contribution in [3.63, 3.8) is 0 Å². The van der Waals surface area contributed by atoms with E-state index in [-0.39, 0.29) is 10.7 Å². The molecule has 1 amide bonds. The molecule has 1 aromatic heterocycles. The number of carbonyl (C=O) groups excluding carboxylic acids is 1. The van der Waals surface area contributed by atoms with E-state index in [4.69, 9.17) is 0 Å². The molecular weight excluding hydrogens is 334 g/mol. The second kappa shape index (κ2) is 5.70. The first-order valence-electron chi connectivity index (χ1n) is 6.76. The summed E-state index contributed by atoms with van der Waals surface area (Å²) in [5.41, 5.74) is 3.13. The Kier molecular flexibility index (Phi) is 3.94. The second-order valence-electron chi connectivity index (χ2n) is 5.09. The molecule has 1 aliphatic heterocycles. The minimum Gasteiger partial charge on any atom is -0.352 e. The highest BCUT2D eigenvalue weighted by atomic mass is 79.9. The molecule has 0 aliphatic carbocycles. The lowest BCUT2D eigenvalue weighted by Crippen LogP contribution is -2.22. The third-order valence-electron chi connectivity index (χ3n) is 3.59. The number of halogens is 1. The van der Waals surface area contributed by atoms with Crippen LogP contribution in [0, 0.1) is 6.92 Å². The van der Waals surface area contributed by atoms with Gasteiger partial charge in [-0.15, -0.1) is 11.3 Å². The fraction of sp³-hybridized carbons (Fsp3) is 0.312. The molecule has 0 saturated heterocycles. The highest BCUT2D eigenvalue weighted by Crippen LogP contribution is 2.36. The smallest absolute Gasteiger partial charge is 0.251 e. The third-order valence-corrected chi connectivity index (χ3v) is 5.98. The Morgan fingerprint density at radius 3 is 2.90 bits per heavy atom. The Balaban J connectivity index is 1.97. The largest absolute Gasteiger partial charge is 0.352 e. The summed E-state index contributed by atoms with van der Waals surface area (Å²) in [5, 5.41) is 2.96. The van der Waals surface area contributed by atoms with Gasteiger partial charge in [0.2, 0.25) is 0 Å². The van der Waals surface area contributed by atoms with E-state index in [9.17, 15) is 4.79 Å². The monoisotopic (exact) mass is 349 g/mol. The molecule has 0 spiro atoms. The summed E-state index contributed by atoms with van der Waals surface area (Å²) in [7, 11) is 0. The van der Waals surface area contributed by atoms with E-state index in [1.165, 1.54) is 9.75 Å². The van der Waals surface area contributed by atoms with E-state index < -0.39 is 0 Å². The molecule has 0 radical (unpaired) electrons. The van der Waals surface area contributed by atoms with Crippen molar-refractivity contribution in [2.45, 2.75) is 24.6 Å². The molecule has 20 heavy (non-hydrogen) atoms. The van der Waals surface area contributed by atoms with E-state index in [0.29, 0.717) is 0 Å². The summed E-state index contributed by atoms with van der Waals surface area (Å²) >= 11 is 5.54. The molecule has 1 unspecified atom stereocenters. The molecule has 3 rings (SSSR count). The van der Waals surface area contributed by atoms with Crippen LogP contribution in [-0.4, -0.2) is 12.5 Å². The van der Waals surface area contributed by atoms with Gasteiger partial charge in [0.05, 0.1) is 4.83 Å². The maximum absolute atomic E-state index is 12.1. The minimum absolute atomic E-state index is 0.0569. The van der Waals surface area contributed by atoms with Crippen LogP contribution in [0.15, 0.2) is 30.3 Å². The summed E-state index contributed by atoms with van der Waals surface area (Å²) in [6, 6.07) is 10.5. The van der Waals surface area contributed by atoms with Crippen molar-refractivity contribution in [2.75, 3.05) is 6.54 Å². The Labute approximate surface area is 131 Å². The maximum atomic E-state index is 12.1. The van der Waals surface area contributed by atoms with Gasteiger partial charge in [0.1, 0.15) is 0 Å². The molecule has 0 bridgehead atoms. The summed E-state index contributed by atoms with van der Waals surface area (Å²) in [6.07, 6.45) is 1.99. The van der Waals surface area contributed by atoms with Crippen LogP contribution < -0.4 is 5.32 Å². The summed E-state index contributed by atoms with van der Waals surface area (Å²) in [5.74, 6) is 0.0569. The molecule has 1 atom stereocenters. The molecule has 1 aliphatic rings. The first-order chi connectivity index (χ1) is 9.65. The zero-order chi connectivity index (χ0) is 14.1. The normalized spacial score (nSPS) is 16.2. The molecule has 104 valence electrons. The molecule has 0 fully saturated rings. The lowest BCUT2D eigenvalue weighted by molar-refractivity contribution is 0.0956. The van der Waals surface area contributed by atoms with Crippen LogP contribution in [0.4, 0.5) is 0 Å². The number of rotatable bonds is 2. The molecule has 2 nitrogen and oxygen atoms in total. The van der Waals surface area contributed by atoms with Crippen LogP contribution >= 0.6 is 27.3 Å². The molecule has 2 heterocycles. The Morgan fingerprint density at radius 2 is 2.15 bits per heavy atom. The lowest BCUT2D eigenvalue weighted by Gasteiger charge is -2.12. The van der Waals surface area contributed by atoms with Gasteiger partial charge in [-0.25, -0.2) is 0 Å².